The van der Waals surface area contributed by atoms with Gasteiger partial charge in [-0.3, -0.25) is 4.79 Å². The lowest BCUT2D eigenvalue weighted by Gasteiger charge is -2.31. The number of likely N-dealkylation sites (tertiary alicyclic amines) is 1. The molecule has 1 N–H and O–H groups in total. The van der Waals surface area contributed by atoms with E-state index in [4.69, 9.17) is 9.15 Å². The lowest BCUT2D eigenvalue weighted by molar-refractivity contribution is 0.0554. The summed E-state index contributed by atoms with van der Waals surface area (Å²) in [5.41, 5.74) is 0.462. The first-order chi connectivity index (χ1) is 12.2. The van der Waals surface area contributed by atoms with Gasteiger partial charge in [-0.25, -0.2) is 4.98 Å². The van der Waals surface area contributed by atoms with Crippen LogP contribution in [-0.2, 0) is 0 Å². The molecule has 0 unspecified atom stereocenters. The number of rotatable bonds is 5. The third-order valence-corrected chi connectivity index (χ3v) is 4.70. The summed E-state index contributed by atoms with van der Waals surface area (Å²) in [7, 11) is 1.51. The maximum atomic E-state index is 13.1. The SMILES string of the molecule is COc1ncccc1C(=O)N1CCCCC[C@@H]1C[C@@H](O)c1ccco1. The van der Waals surface area contributed by atoms with Crippen LogP contribution in [0, 0.1) is 0 Å². The van der Waals surface area contributed by atoms with Gasteiger partial charge in [0.25, 0.3) is 5.91 Å². The molecule has 1 aliphatic rings. The minimum atomic E-state index is -0.718. The number of carbonyl (C=O) groups excluding carboxylic acids is 1. The van der Waals surface area contributed by atoms with Gasteiger partial charge in [0, 0.05) is 25.2 Å². The van der Waals surface area contributed by atoms with E-state index in [9.17, 15) is 9.90 Å². The normalized spacial score (nSPS) is 19.3. The fourth-order valence-electron chi connectivity index (χ4n) is 3.42. The highest BCUT2D eigenvalue weighted by atomic mass is 16.5. The van der Waals surface area contributed by atoms with Gasteiger partial charge >= 0.3 is 0 Å². The molecule has 3 heterocycles. The molecule has 1 saturated heterocycles. The Hall–Kier alpha value is -2.34. The number of hydrogen-bond acceptors (Lipinski definition) is 5. The van der Waals surface area contributed by atoms with E-state index in [1.807, 2.05) is 4.90 Å². The monoisotopic (exact) mass is 344 g/mol. The summed E-state index contributed by atoms with van der Waals surface area (Å²) in [6.07, 6.45) is 6.86. The van der Waals surface area contributed by atoms with E-state index in [2.05, 4.69) is 4.98 Å². The Morgan fingerprint density at radius 1 is 1.40 bits per heavy atom. The molecule has 1 fully saturated rings. The molecule has 25 heavy (non-hydrogen) atoms. The molecule has 1 aliphatic heterocycles. The highest BCUT2D eigenvalue weighted by Gasteiger charge is 2.30. The highest BCUT2D eigenvalue weighted by molar-refractivity contribution is 5.96. The van der Waals surface area contributed by atoms with Crippen LogP contribution in [0.25, 0.3) is 0 Å². The molecule has 6 nitrogen and oxygen atoms in total. The van der Waals surface area contributed by atoms with E-state index in [-0.39, 0.29) is 11.9 Å². The smallest absolute Gasteiger partial charge is 0.259 e. The van der Waals surface area contributed by atoms with Gasteiger partial charge in [0.15, 0.2) is 0 Å². The number of aliphatic hydroxyl groups excluding tert-OH is 1. The van der Waals surface area contributed by atoms with Crippen LogP contribution in [0.3, 0.4) is 0 Å². The molecular weight excluding hydrogens is 320 g/mol. The minimum absolute atomic E-state index is 0.0417. The molecule has 0 bridgehead atoms. The zero-order valence-corrected chi connectivity index (χ0v) is 14.4. The Labute approximate surface area is 147 Å². The lowest BCUT2D eigenvalue weighted by Crippen LogP contribution is -2.41. The first kappa shape index (κ1) is 17.5. The van der Waals surface area contributed by atoms with Crippen molar-refractivity contribution in [3.63, 3.8) is 0 Å². The third-order valence-electron chi connectivity index (χ3n) is 4.70. The van der Waals surface area contributed by atoms with Crippen molar-refractivity contribution in [3.8, 4) is 5.88 Å². The molecule has 134 valence electrons. The zero-order chi connectivity index (χ0) is 17.6. The Morgan fingerprint density at radius 2 is 2.28 bits per heavy atom. The van der Waals surface area contributed by atoms with Crippen molar-refractivity contribution in [1.82, 2.24) is 9.88 Å². The van der Waals surface area contributed by atoms with Crippen molar-refractivity contribution in [1.29, 1.82) is 0 Å². The number of amides is 1. The van der Waals surface area contributed by atoms with Crippen molar-refractivity contribution in [2.75, 3.05) is 13.7 Å². The molecule has 2 aromatic heterocycles. The van der Waals surface area contributed by atoms with E-state index in [0.29, 0.717) is 30.2 Å². The van der Waals surface area contributed by atoms with Gasteiger partial charge in [0.05, 0.1) is 13.4 Å². The number of hydrogen-bond donors (Lipinski definition) is 1. The lowest BCUT2D eigenvalue weighted by atomic mass is 10.0. The molecule has 2 atom stereocenters. The van der Waals surface area contributed by atoms with E-state index >= 15 is 0 Å². The molecule has 0 saturated carbocycles. The number of ether oxygens (including phenoxy) is 1. The second-order valence-corrected chi connectivity index (χ2v) is 6.33. The first-order valence-corrected chi connectivity index (χ1v) is 8.72. The Balaban J connectivity index is 1.81. The molecule has 0 radical (unpaired) electrons. The number of carbonyl (C=O) groups is 1. The van der Waals surface area contributed by atoms with Gasteiger partial charge in [-0.15, -0.1) is 0 Å². The van der Waals surface area contributed by atoms with Crippen molar-refractivity contribution in [3.05, 3.63) is 48.0 Å². The van der Waals surface area contributed by atoms with Crippen LogP contribution in [-0.4, -0.2) is 40.6 Å². The molecule has 0 aliphatic carbocycles. The van der Waals surface area contributed by atoms with Crippen molar-refractivity contribution >= 4 is 5.91 Å². The summed E-state index contributed by atoms with van der Waals surface area (Å²) in [6, 6.07) is 6.95. The fourth-order valence-corrected chi connectivity index (χ4v) is 3.42. The quantitative estimate of drug-likeness (QED) is 0.901. The maximum absolute atomic E-state index is 13.1. The van der Waals surface area contributed by atoms with E-state index in [1.54, 1.807) is 36.7 Å². The molecular formula is C19H24N2O4. The first-order valence-electron chi connectivity index (χ1n) is 8.72. The largest absolute Gasteiger partial charge is 0.480 e. The van der Waals surface area contributed by atoms with Crippen molar-refractivity contribution in [2.24, 2.45) is 0 Å². The van der Waals surface area contributed by atoms with Gasteiger partial charge in [-0.1, -0.05) is 12.8 Å². The summed E-state index contributed by atoms with van der Waals surface area (Å²) < 4.78 is 10.5. The van der Waals surface area contributed by atoms with Crippen LogP contribution in [0.4, 0.5) is 0 Å². The summed E-state index contributed by atoms with van der Waals surface area (Å²) in [4.78, 5) is 19.1. The minimum Gasteiger partial charge on any atom is -0.480 e. The molecule has 0 spiro atoms. The van der Waals surface area contributed by atoms with Crippen LogP contribution >= 0.6 is 0 Å². The Bertz CT molecular complexity index is 686. The topological polar surface area (TPSA) is 75.8 Å². The average molecular weight is 344 g/mol. The Kier molecular flexibility index (Phi) is 5.71. The summed E-state index contributed by atoms with van der Waals surface area (Å²) in [6.45, 7) is 0.673. The number of methoxy groups -OCH3 is 1. The van der Waals surface area contributed by atoms with Gasteiger partial charge in [-0.2, -0.15) is 0 Å². The van der Waals surface area contributed by atoms with Gasteiger partial charge in [0.2, 0.25) is 5.88 Å². The van der Waals surface area contributed by atoms with Crippen LogP contribution < -0.4 is 4.74 Å². The summed E-state index contributed by atoms with van der Waals surface area (Å²) in [5, 5.41) is 10.5. The van der Waals surface area contributed by atoms with Gasteiger partial charge in [0.1, 0.15) is 17.4 Å². The van der Waals surface area contributed by atoms with Crippen molar-refractivity contribution in [2.45, 2.75) is 44.2 Å². The Morgan fingerprint density at radius 3 is 3.04 bits per heavy atom. The molecule has 1 amide bonds. The number of furan rings is 1. The number of aromatic nitrogens is 1. The molecule has 6 heteroatoms. The highest BCUT2D eigenvalue weighted by Crippen LogP contribution is 2.29. The number of aliphatic hydroxyl groups is 1. The molecule has 0 aromatic carbocycles. The van der Waals surface area contributed by atoms with Crippen molar-refractivity contribution < 1.29 is 19.1 Å². The predicted molar refractivity (Wildman–Crippen MR) is 92.4 cm³/mol. The predicted octanol–water partition coefficient (Wildman–Crippen LogP) is 3.19. The molecule has 2 aromatic rings. The second kappa shape index (κ2) is 8.16. The molecule has 3 rings (SSSR count). The standard InChI is InChI=1S/C19H24N2O4/c1-24-18-15(8-5-10-20-18)19(23)21-11-4-2-3-7-14(21)13-16(22)17-9-6-12-25-17/h5-6,8-10,12,14,16,22H,2-4,7,11,13H2,1H3/t14-,16-/m1/s1. The third kappa shape index (κ3) is 4.02. The van der Waals surface area contributed by atoms with Crippen LogP contribution in [0.1, 0.15) is 54.3 Å². The van der Waals surface area contributed by atoms with E-state index in [1.165, 1.54) is 7.11 Å². The summed E-state index contributed by atoms with van der Waals surface area (Å²) >= 11 is 0. The maximum Gasteiger partial charge on any atom is 0.259 e. The van der Waals surface area contributed by atoms with Crippen LogP contribution in [0.15, 0.2) is 41.1 Å². The second-order valence-electron chi connectivity index (χ2n) is 6.33. The average Bonchev–Trinajstić information content (AvgIpc) is 3.09. The van der Waals surface area contributed by atoms with Gasteiger partial charge in [-0.05, 0) is 37.1 Å². The number of pyridine rings is 1. The van der Waals surface area contributed by atoms with Crippen LogP contribution in [0.5, 0.6) is 5.88 Å². The van der Waals surface area contributed by atoms with Crippen LogP contribution in [0.2, 0.25) is 0 Å². The number of nitrogens with zero attached hydrogens (tertiary/aromatic N) is 2. The van der Waals surface area contributed by atoms with Gasteiger partial charge < -0.3 is 19.2 Å². The van der Waals surface area contributed by atoms with E-state index in [0.717, 1.165) is 25.7 Å². The fraction of sp³-hybridized carbons (Fsp3) is 0.474. The zero-order valence-electron chi connectivity index (χ0n) is 14.4. The van der Waals surface area contributed by atoms with E-state index < -0.39 is 6.10 Å². The summed E-state index contributed by atoms with van der Waals surface area (Å²) in [5.74, 6) is 0.779.